The average molecular weight is 624 g/mol. The topological polar surface area (TPSA) is 158 Å². The molecule has 3 aromatic rings. The van der Waals surface area contributed by atoms with Crippen LogP contribution in [0.3, 0.4) is 0 Å². The molecule has 1 saturated heterocycles. The van der Waals surface area contributed by atoms with E-state index in [0.717, 1.165) is 41.5 Å². The van der Waals surface area contributed by atoms with Crippen molar-refractivity contribution in [1.29, 1.82) is 0 Å². The summed E-state index contributed by atoms with van der Waals surface area (Å²) in [4.78, 5) is 71.5. The molecule has 10 heteroatoms. The maximum Gasteiger partial charge on any atom is 0.235 e. The van der Waals surface area contributed by atoms with Crippen LogP contribution in [-0.2, 0) is 32.1 Å². The van der Waals surface area contributed by atoms with Crippen molar-refractivity contribution in [3.8, 4) is 16.9 Å². The monoisotopic (exact) mass is 623 g/mol. The number of carbonyl (C=O) groups excluding carboxylic acids is 5. The molecule has 0 radical (unpaired) electrons. The van der Waals surface area contributed by atoms with Gasteiger partial charge in [0.2, 0.25) is 5.91 Å². The van der Waals surface area contributed by atoms with Crippen LogP contribution in [-0.4, -0.2) is 87.9 Å². The molecule has 3 aliphatic carbocycles. The summed E-state index contributed by atoms with van der Waals surface area (Å²) in [5.74, 6) is -10.5. The van der Waals surface area contributed by atoms with Crippen LogP contribution in [0.2, 0.25) is 0 Å². The first-order valence-corrected chi connectivity index (χ1v) is 15.9. The second-order valence-corrected chi connectivity index (χ2v) is 13.6. The fourth-order valence-corrected chi connectivity index (χ4v) is 8.77. The molecule has 46 heavy (non-hydrogen) atoms. The van der Waals surface area contributed by atoms with E-state index in [-0.39, 0.29) is 24.2 Å². The van der Waals surface area contributed by atoms with Crippen LogP contribution >= 0.6 is 0 Å². The van der Waals surface area contributed by atoms with E-state index in [1.165, 1.54) is 29.4 Å². The Kier molecular flexibility index (Phi) is 7.23. The number of phenols is 1. The highest BCUT2D eigenvalue weighted by Crippen LogP contribution is 2.52. The second kappa shape index (κ2) is 10.9. The molecule has 0 aromatic heterocycles. The Hall–Kier alpha value is -4.25. The van der Waals surface area contributed by atoms with Gasteiger partial charge in [-0.15, -0.1) is 0 Å². The van der Waals surface area contributed by atoms with Gasteiger partial charge in [-0.1, -0.05) is 42.5 Å². The van der Waals surface area contributed by atoms with Crippen molar-refractivity contribution in [3.63, 3.8) is 0 Å². The van der Waals surface area contributed by atoms with Gasteiger partial charge in [-0.3, -0.25) is 33.8 Å². The third-order valence-corrected chi connectivity index (χ3v) is 10.8. The minimum atomic E-state index is -2.74. The minimum Gasteiger partial charge on any atom is -0.507 e. The molecule has 3 fully saturated rings. The number of aliphatic hydroxyl groups is 1. The number of ketones is 4. The largest absolute Gasteiger partial charge is 0.507 e. The fraction of sp³-hybridized carbons (Fsp3) is 0.417. The summed E-state index contributed by atoms with van der Waals surface area (Å²) >= 11 is 0. The molecule has 3 aromatic carbocycles. The molecule has 1 amide bonds. The number of amides is 1. The highest BCUT2D eigenvalue weighted by Gasteiger charge is 2.69. The van der Waals surface area contributed by atoms with Crippen LogP contribution in [0, 0.1) is 23.7 Å². The molecule has 1 aliphatic heterocycles. The van der Waals surface area contributed by atoms with Gasteiger partial charge in [-0.25, -0.2) is 0 Å². The van der Waals surface area contributed by atoms with Crippen LogP contribution in [0.15, 0.2) is 48.5 Å². The first-order chi connectivity index (χ1) is 21.9. The zero-order chi connectivity index (χ0) is 32.7. The van der Waals surface area contributed by atoms with E-state index in [2.05, 4.69) is 17.0 Å². The summed E-state index contributed by atoms with van der Waals surface area (Å²) < 4.78 is 0. The number of carbonyl (C=O) groups is 5. The third kappa shape index (κ3) is 4.30. The van der Waals surface area contributed by atoms with E-state index in [1.807, 2.05) is 24.3 Å². The number of rotatable bonds is 5. The first kappa shape index (κ1) is 30.4. The Morgan fingerprint density at radius 1 is 0.957 bits per heavy atom. The summed E-state index contributed by atoms with van der Waals surface area (Å²) in [5.41, 5.74) is 6.11. The highest BCUT2D eigenvalue weighted by atomic mass is 16.3. The predicted octanol–water partition coefficient (Wildman–Crippen LogP) is 2.28. The van der Waals surface area contributed by atoms with Crippen LogP contribution < -0.4 is 5.73 Å². The minimum absolute atomic E-state index is 0.00526. The van der Waals surface area contributed by atoms with E-state index >= 15 is 0 Å². The number of primary amides is 1. The molecular weight excluding hydrogens is 586 g/mol. The lowest BCUT2D eigenvalue weighted by molar-refractivity contribution is -0.181. The fourth-order valence-electron chi connectivity index (χ4n) is 8.77. The highest BCUT2D eigenvalue weighted by molar-refractivity contribution is 6.32. The van der Waals surface area contributed by atoms with Crippen molar-refractivity contribution < 1.29 is 34.2 Å². The van der Waals surface area contributed by atoms with Crippen LogP contribution in [0.4, 0.5) is 0 Å². The Morgan fingerprint density at radius 2 is 1.63 bits per heavy atom. The molecule has 2 saturated carbocycles. The standard InChI is InChI=1S/C36H37N3O7/c1-38(2)30-25-16-19-15-24-23(22-10-9-18(17-39-13-5-6-14-39)20-7-3-4-8-21(20)22)11-12-26(40)28(24)31(41)27(19)33(43)36(25,46)34(44)29(32(30)42)35(37)45/h3-4,7-12,19,25,27,29-30,40,46H,5-6,13-17H2,1-2H3,(H2,37,45)/t19-,25-,27?,29?,30?,36-/m1/s1. The van der Waals surface area contributed by atoms with E-state index < -0.39 is 64.4 Å². The van der Waals surface area contributed by atoms with Crippen molar-refractivity contribution >= 4 is 39.8 Å². The Bertz CT molecular complexity index is 1840. The maximum absolute atomic E-state index is 14.2. The summed E-state index contributed by atoms with van der Waals surface area (Å²) in [5, 5.41) is 25.0. The molecule has 6 atom stereocenters. The quantitative estimate of drug-likeness (QED) is 0.363. The Labute approximate surface area is 266 Å². The number of likely N-dealkylation sites (N-methyl/N-ethyl adjacent to an activating group) is 1. The van der Waals surface area contributed by atoms with E-state index in [1.54, 1.807) is 20.2 Å². The number of nitrogens with zero attached hydrogens (tertiary/aromatic N) is 2. The van der Waals surface area contributed by atoms with E-state index in [0.29, 0.717) is 5.56 Å². The number of likely N-dealkylation sites (tertiary alicyclic amines) is 1. The number of nitrogens with two attached hydrogens (primary N) is 1. The molecule has 0 spiro atoms. The van der Waals surface area contributed by atoms with Crippen molar-refractivity contribution in [3.05, 3.63) is 65.2 Å². The molecule has 4 N–H and O–H groups in total. The lowest BCUT2D eigenvalue weighted by atomic mass is 9.52. The number of hydrogen-bond acceptors (Lipinski definition) is 9. The van der Waals surface area contributed by atoms with Gasteiger partial charge in [0.1, 0.15) is 5.75 Å². The van der Waals surface area contributed by atoms with Crippen molar-refractivity contribution in [2.24, 2.45) is 29.4 Å². The number of Topliss-reactive ketones (excluding diaryl/α,β-unsaturated/α-hetero) is 4. The maximum atomic E-state index is 14.2. The van der Waals surface area contributed by atoms with Gasteiger partial charge in [0.05, 0.1) is 17.5 Å². The average Bonchev–Trinajstić information content (AvgIpc) is 3.52. The van der Waals surface area contributed by atoms with Crippen LogP contribution in [0.5, 0.6) is 5.75 Å². The van der Waals surface area contributed by atoms with Crippen LogP contribution in [0.25, 0.3) is 21.9 Å². The number of phenolic OH excluding ortho intramolecular Hbond substituents is 1. The Balaban J connectivity index is 1.34. The molecule has 1 heterocycles. The molecule has 4 aliphatic rings. The number of benzene rings is 3. The second-order valence-electron chi connectivity index (χ2n) is 13.6. The Morgan fingerprint density at radius 3 is 2.30 bits per heavy atom. The predicted molar refractivity (Wildman–Crippen MR) is 169 cm³/mol. The van der Waals surface area contributed by atoms with Crippen LogP contribution in [0.1, 0.15) is 40.7 Å². The van der Waals surface area contributed by atoms with Crippen molar-refractivity contribution in [1.82, 2.24) is 9.80 Å². The van der Waals surface area contributed by atoms with E-state index in [9.17, 15) is 34.2 Å². The summed E-state index contributed by atoms with van der Waals surface area (Å²) in [6.07, 6.45) is 2.60. The number of fused-ring (bicyclic) bond motifs is 4. The van der Waals surface area contributed by atoms with Gasteiger partial charge >= 0.3 is 0 Å². The lowest BCUT2D eigenvalue weighted by Gasteiger charge is -2.52. The number of hydrogen-bond donors (Lipinski definition) is 3. The molecule has 0 bridgehead atoms. The summed E-state index contributed by atoms with van der Waals surface area (Å²) in [7, 11) is 3.15. The zero-order valence-corrected chi connectivity index (χ0v) is 25.9. The van der Waals surface area contributed by atoms with Crippen molar-refractivity contribution in [2.75, 3.05) is 27.2 Å². The zero-order valence-electron chi connectivity index (χ0n) is 25.9. The normalized spacial score (nSPS) is 29.6. The molecule has 10 nitrogen and oxygen atoms in total. The van der Waals surface area contributed by atoms with Gasteiger partial charge < -0.3 is 15.9 Å². The van der Waals surface area contributed by atoms with E-state index in [4.69, 9.17) is 5.73 Å². The van der Waals surface area contributed by atoms with Gasteiger partial charge in [-0.05, 0) is 97.9 Å². The SMILES string of the molecule is CN(C)C1C(=O)C(C(N)=O)C(=O)[C@]2(O)C(=O)C3C(=O)c4c(O)ccc(-c5ccc(CN6CCCC6)c6ccccc56)c4C[C@@H]3C[C@H]12. The number of aromatic hydroxyl groups is 1. The lowest BCUT2D eigenvalue weighted by Crippen LogP contribution is -2.74. The van der Waals surface area contributed by atoms with Gasteiger partial charge in [0.15, 0.2) is 34.7 Å². The molecule has 238 valence electrons. The smallest absolute Gasteiger partial charge is 0.235 e. The first-order valence-electron chi connectivity index (χ1n) is 15.9. The molecule has 7 rings (SSSR count). The molecule has 3 unspecified atom stereocenters. The van der Waals surface area contributed by atoms with Gasteiger partial charge in [-0.2, -0.15) is 0 Å². The summed E-state index contributed by atoms with van der Waals surface area (Å²) in [6, 6.07) is 14.4. The van der Waals surface area contributed by atoms with Gasteiger partial charge in [0.25, 0.3) is 0 Å². The molecular formula is C36H37N3O7. The summed E-state index contributed by atoms with van der Waals surface area (Å²) in [6.45, 7) is 2.97. The van der Waals surface area contributed by atoms with Gasteiger partial charge in [0, 0.05) is 12.5 Å². The third-order valence-electron chi connectivity index (χ3n) is 10.8. The van der Waals surface area contributed by atoms with Crippen molar-refractivity contribution in [2.45, 2.75) is 43.9 Å².